The third-order valence-corrected chi connectivity index (χ3v) is 4.19. The van der Waals surface area contributed by atoms with Crippen molar-refractivity contribution in [2.75, 3.05) is 20.2 Å². The van der Waals surface area contributed by atoms with E-state index >= 15 is 0 Å². The summed E-state index contributed by atoms with van der Waals surface area (Å²) in [6.45, 7) is 8.88. The number of rotatable bonds is 2. The summed E-state index contributed by atoms with van der Waals surface area (Å²) in [4.78, 5) is 13.9. The van der Waals surface area contributed by atoms with E-state index in [-0.39, 0.29) is 18.1 Å². The zero-order valence-electron chi connectivity index (χ0n) is 14.8. The number of piperidine rings is 1. The first-order valence-corrected chi connectivity index (χ1v) is 8.09. The number of carbonyl (C=O) groups is 1. The maximum Gasteiger partial charge on any atom is 0.410 e. The molecule has 128 valence electrons. The maximum absolute atomic E-state index is 12.2. The third-order valence-electron chi connectivity index (χ3n) is 4.19. The average Bonchev–Trinajstić information content (AvgIpc) is 2.45. The van der Waals surface area contributed by atoms with Crippen molar-refractivity contribution in [2.24, 2.45) is 5.73 Å². The minimum atomic E-state index is -0.482. The van der Waals surface area contributed by atoms with Gasteiger partial charge in [-0.05, 0) is 57.4 Å². The van der Waals surface area contributed by atoms with Crippen LogP contribution in [0.4, 0.5) is 4.79 Å². The molecule has 0 unspecified atom stereocenters. The Kier molecular flexibility index (Phi) is 5.19. The van der Waals surface area contributed by atoms with Crippen molar-refractivity contribution >= 4 is 6.09 Å². The van der Waals surface area contributed by atoms with Crippen LogP contribution in [0.1, 0.15) is 44.2 Å². The highest BCUT2D eigenvalue weighted by Crippen LogP contribution is 2.31. The topological polar surface area (TPSA) is 64.8 Å². The molecule has 1 aromatic rings. The number of nitrogens with zero attached hydrogens (tertiary/aromatic N) is 1. The molecule has 1 aromatic carbocycles. The predicted octanol–water partition coefficient (Wildman–Crippen LogP) is 3.06. The lowest BCUT2D eigenvalue weighted by Crippen LogP contribution is -2.50. The Morgan fingerprint density at radius 2 is 2.04 bits per heavy atom. The van der Waals surface area contributed by atoms with Crippen LogP contribution >= 0.6 is 0 Å². The molecule has 1 saturated heterocycles. The number of amides is 1. The number of ether oxygens (including phenoxy) is 2. The molecule has 0 bridgehead atoms. The Labute approximate surface area is 138 Å². The van der Waals surface area contributed by atoms with E-state index in [4.69, 9.17) is 15.2 Å². The molecule has 5 nitrogen and oxygen atoms in total. The summed E-state index contributed by atoms with van der Waals surface area (Å²) in [5.74, 6) is 1.10. The van der Waals surface area contributed by atoms with E-state index in [2.05, 4.69) is 13.0 Å². The fourth-order valence-corrected chi connectivity index (χ4v) is 3.05. The van der Waals surface area contributed by atoms with Crippen LogP contribution < -0.4 is 10.5 Å². The smallest absolute Gasteiger partial charge is 0.410 e. The molecule has 2 atom stereocenters. The second-order valence-electron chi connectivity index (χ2n) is 7.21. The number of hydrogen-bond donors (Lipinski definition) is 1. The van der Waals surface area contributed by atoms with Gasteiger partial charge in [-0.25, -0.2) is 4.79 Å². The lowest BCUT2D eigenvalue weighted by atomic mass is 9.83. The van der Waals surface area contributed by atoms with E-state index in [0.29, 0.717) is 13.1 Å². The zero-order chi connectivity index (χ0) is 17.2. The molecule has 1 aliphatic rings. The number of benzene rings is 1. The van der Waals surface area contributed by atoms with Gasteiger partial charge in [-0.3, -0.25) is 0 Å². The van der Waals surface area contributed by atoms with Crippen LogP contribution in [0.5, 0.6) is 5.75 Å². The van der Waals surface area contributed by atoms with E-state index in [1.54, 1.807) is 12.0 Å². The molecular weight excluding hydrogens is 292 g/mol. The van der Waals surface area contributed by atoms with Crippen LogP contribution in [-0.2, 0) is 4.74 Å². The van der Waals surface area contributed by atoms with Crippen LogP contribution in [0.2, 0.25) is 0 Å². The highest BCUT2D eigenvalue weighted by Gasteiger charge is 2.32. The lowest BCUT2D eigenvalue weighted by molar-refractivity contribution is 0.0186. The number of likely N-dealkylation sites (tertiary alicyclic amines) is 1. The molecule has 0 aliphatic carbocycles. The van der Waals surface area contributed by atoms with Crippen molar-refractivity contribution in [3.05, 3.63) is 29.3 Å². The van der Waals surface area contributed by atoms with E-state index in [9.17, 15) is 4.79 Å². The van der Waals surface area contributed by atoms with Crippen LogP contribution in [0.25, 0.3) is 0 Å². The Bertz CT molecular complexity index is 566. The average molecular weight is 320 g/mol. The standard InChI is InChI=1S/C18H28N2O3/c1-12-10-13(22-5)6-7-14(12)15-8-9-20(11-16(15)19)17(21)23-18(2,3)4/h6-7,10,15-16H,8-9,11,19H2,1-5H3/t15-,16+/m0/s1. The lowest BCUT2D eigenvalue weighted by Gasteiger charge is -2.38. The molecule has 0 aromatic heterocycles. The first-order chi connectivity index (χ1) is 10.7. The monoisotopic (exact) mass is 320 g/mol. The zero-order valence-corrected chi connectivity index (χ0v) is 14.8. The number of hydrogen-bond acceptors (Lipinski definition) is 4. The Morgan fingerprint density at radius 3 is 2.57 bits per heavy atom. The van der Waals surface area contributed by atoms with Crippen LogP contribution in [0.3, 0.4) is 0 Å². The van der Waals surface area contributed by atoms with Crippen molar-refractivity contribution in [1.82, 2.24) is 4.90 Å². The third kappa shape index (κ3) is 4.38. The fourth-order valence-electron chi connectivity index (χ4n) is 3.05. The Morgan fingerprint density at radius 1 is 1.35 bits per heavy atom. The van der Waals surface area contributed by atoms with Crippen LogP contribution in [-0.4, -0.2) is 42.8 Å². The molecule has 2 rings (SSSR count). The number of carbonyl (C=O) groups excluding carboxylic acids is 1. The van der Waals surface area contributed by atoms with Crippen molar-refractivity contribution in [3.8, 4) is 5.75 Å². The molecule has 1 aliphatic heterocycles. The molecule has 23 heavy (non-hydrogen) atoms. The van der Waals surface area contributed by atoms with Gasteiger partial charge in [-0.1, -0.05) is 6.07 Å². The minimum Gasteiger partial charge on any atom is -0.497 e. The molecule has 1 fully saturated rings. The van der Waals surface area contributed by atoms with Gasteiger partial charge in [0.05, 0.1) is 7.11 Å². The molecule has 5 heteroatoms. The van der Waals surface area contributed by atoms with Gasteiger partial charge in [0.1, 0.15) is 11.4 Å². The summed E-state index contributed by atoms with van der Waals surface area (Å²) in [6.07, 6.45) is 0.561. The van der Waals surface area contributed by atoms with Gasteiger partial charge in [0.2, 0.25) is 0 Å². The van der Waals surface area contributed by atoms with Crippen molar-refractivity contribution in [1.29, 1.82) is 0 Å². The number of aryl methyl sites for hydroxylation is 1. The van der Waals surface area contributed by atoms with Gasteiger partial charge in [0.15, 0.2) is 0 Å². The Hall–Kier alpha value is -1.75. The van der Waals surface area contributed by atoms with Crippen LogP contribution in [0.15, 0.2) is 18.2 Å². The summed E-state index contributed by atoms with van der Waals surface area (Å²) < 4.78 is 10.7. The SMILES string of the molecule is COc1ccc([C@@H]2CCN(C(=O)OC(C)(C)C)C[C@H]2N)c(C)c1. The van der Waals surface area contributed by atoms with E-state index in [1.807, 2.05) is 32.9 Å². The molecule has 2 N–H and O–H groups in total. The molecule has 1 amide bonds. The second-order valence-corrected chi connectivity index (χ2v) is 7.21. The minimum absolute atomic E-state index is 0.0941. The maximum atomic E-state index is 12.2. The second kappa shape index (κ2) is 6.79. The molecule has 0 spiro atoms. The van der Waals surface area contributed by atoms with Gasteiger partial charge in [-0.15, -0.1) is 0 Å². The molecule has 1 heterocycles. The van der Waals surface area contributed by atoms with E-state index in [0.717, 1.165) is 12.2 Å². The largest absolute Gasteiger partial charge is 0.497 e. The normalized spacial score (nSPS) is 21.9. The van der Waals surface area contributed by atoms with Crippen molar-refractivity contribution < 1.29 is 14.3 Å². The highest BCUT2D eigenvalue weighted by atomic mass is 16.6. The molecular formula is C18H28N2O3. The van der Waals surface area contributed by atoms with Gasteiger partial charge in [0.25, 0.3) is 0 Å². The Balaban J connectivity index is 2.06. The quantitative estimate of drug-likeness (QED) is 0.909. The number of nitrogens with two attached hydrogens (primary N) is 1. The molecule has 0 saturated carbocycles. The molecule has 0 radical (unpaired) electrons. The van der Waals surface area contributed by atoms with Crippen molar-refractivity contribution in [2.45, 2.75) is 51.7 Å². The van der Waals surface area contributed by atoms with E-state index in [1.165, 1.54) is 11.1 Å². The fraction of sp³-hybridized carbons (Fsp3) is 0.611. The summed E-state index contributed by atoms with van der Waals surface area (Å²) in [7, 11) is 1.67. The number of methoxy groups -OCH3 is 1. The summed E-state index contributed by atoms with van der Waals surface area (Å²) in [5, 5.41) is 0. The first kappa shape index (κ1) is 17.6. The van der Waals surface area contributed by atoms with Gasteiger partial charge < -0.3 is 20.1 Å². The predicted molar refractivity (Wildman–Crippen MR) is 90.9 cm³/mol. The van der Waals surface area contributed by atoms with Gasteiger partial charge in [0, 0.05) is 25.0 Å². The summed E-state index contributed by atoms with van der Waals surface area (Å²) in [5.41, 5.74) is 8.29. The summed E-state index contributed by atoms with van der Waals surface area (Å²) >= 11 is 0. The first-order valence-electron chi connectivity index (χ1n) is 8.09. The summed E-state index contributed by atoms with van der Waals surface area (Å²) in [6, 6.07) is 5.99. The van der Waals surface area contributed by atoms with Gasteiger partial charge in [-0.2, -0.15) is 0 Å². The van der Waals surface area contributed by atoms with Gasteiger partial charge >= 0.3 is 6.09 Å². The van der Waals surface area contributed by atoms with Crippen molar-refractivity contribution in [3.63, 3.8) is 0 Å². The highest BCUT2D eigenvalue weighted by molar-refractivity contribution is 5.68. The van der Waals surface area contributed by atoms with Crippen LogP contribution in [0, 0.1) is 6.92 Å². The van der Waals surface area contributed by atoms with E-state index < -0.39 is 5.60 Å².